The predicted molar refractivity (Wildman–Crippen MR) is 117 cm³/mol. The lowest BCUT2D eigenvalue weighted by Crippen LogP contribution is -2.44. The SMILES string of the molecule is CC(C)(C)[Si](C)(C)O[C@@H]1C[C@@H](CCCO)N(C(=O)OCc2ccc([N+](=O)[O-])cc2)C1. The van der Waals surface area contributed by atoms with Crippen LogP contribution in [0.5, 0.6) is 0 Å². The third kappa shape index (κ3) is 6.26. The molecule has 0 saturated carbocycles. The Balaban J connectivity index is 2.00. The number of likely N-dealkylation sites (tertiary alicyclic amines) is 1. The Morgan fingerprint density at radius 1 is 1.30 bits per heavy atom. The molecule has 9 heteroatoms. The Hall–Kier alpha value is -1.97. The minimum Gasteiger partial charge on any atom is -0.445 e. The van der Waals surface area contributed by atoms with Crippen LogP contribution >= 0.6 is 0 Å². The number of aliphatic hydroxyl groups is 1. The number of carbonyl (C=O) groups is 1. The van der Waals surface area contributed by atoms with Crippen LogP contribution in [0.4, 0.5) is 10.5 Å². The number of rotatable bonds is 8. The van der Waals surface area contributed by atoms with Crippen LogP contribution in [0.25, 0.3) is 0 Å². The molecule has 1 fully saturated rings. The largest absolute Gasteiger partial charge is 0.445 e. The molecule has 30 heavy (non-hydrogen) atoms. The maximum atomic E-state index is 12.8. The van der Waals surface area contributed by atoms with E-state index in [1.165, 1.54) is 12.1 Å². The van der Waals surface area contributed by atoms with E-state index < -0.39 is 19.3 Å². The highest BCUT2D eigenvalue weighted by molar-refractivity contribution is 6.74. The molecular formula is C21H34N2O6Si. The van der Waals surface area contributed by atoms with Gasteiger partial charge in [-0.05, 0) is 55.1 Å². The fourth-order valence-corrected chi connectivity index (χ4v) is 4.68. The van der Waals surface area contributed by atoms with Crippen molar-refractivity contribution in [1.29, 1.82) is 0 Å². The number of hydrogen-bond donors (Lipinski definition) is 1. The number of nitrogens with zero attached hydrogens (tertiary/aromatic N) is 2. The van der Waals surface area contributed by atoms with Gasteiger partial charge in [0, 0.05) is 31.3 Å². The van der Waals surface area contributed by atoms with Gasteiger partial charge in [-0.2, -0.15) is 0 Å². The fourth-order valence-electron chi connectivity index (χ4n) is 3.32. The Labute approximate surface area is 179 Å². The first-order valence-electron chi connectivity index (χ1n) is 10.4. The number of hydrogen-bond acceptors (Lipinski definition) is 6. The number of benzene rings is 1. The Morgan fingerprint density at radius 3 is 2.47 bits per heavy atom. The summed E-state index contributed by atoms with van der Waals surface area (Å²) in [6.07, 6.45) is 1.59. The van der Waals surface area contributed by atoms with Crippen LogP contribution in [-0.4, -0.2) is 54.6 Å². The van der Waals surface area contributed by atoms with Crippen molar-refractivity contribution in [3.05, 3.63) is 39.9 Å². The van der Waals surface area contributed by atoms with Crippen LogP contribution in [0.1, 0.15) is 45.6 Å². The topological polar surface area (TPSA) is 102 Å². The number of carbonyl (C=O) groups excluding carboxylic acids is 1. The molecule has 1 heterocycles. The summed E-state index contributed by atoms with van der Waals surface area (Å²) in [7, 11) is -1.96. The summed E-state index contributed by atoms with van der Waals surface area (Å²) in [5, 5.41) is 20.1. The van der Waals surface area contributed by atoms with Crippen LogP contribution in [0, 0.1) is 10.1 Å². The number of nitro benzene ring substituents is 1. The molecule has 0 aliphatic carbocycles. The average molecular weight is 439 g/mol. The molecule has 1 saturated heterocycles. The van der Waals surface area contributed by atoms with E-state index in [1.807, 2.05) is 0 Å². The number of nitro groups is 1. The molecule has 1 amide bonds. The second-order valence-corrected chi connectivity index (χ2v) is 14.1. The average Bonchev–Trinajstić information content (AvgIpc) is 3.05. The zero-order valence-electron chi connectivity index (χ0n) is 18.6. The Morgan fingerprint density at radius 2 is 1.93 bits per heavy atom. The summed E-state index contributed by atoms with van der Waals surface area (Å²) >= 11 is 0. The molecule has 0 radical (unpaired) electrons. The lowest BCUT2D eigenvalue weighted by Gasteiger charge is -2.38. The summed E-state index contributed by atoms with van der Waals surface area (Å²) in [5.74, 6) is 0. The number of amides is 1. The van der Waals surface area contributed by atoms with Crippen molar-refractivity contribution < 1.29 is 24.0 Å². The zero-order valence-corrected chi connectivity index (χ0v) is 19.6. The van der Waals surface area contributed by atoms with E-state index in [9.17, 15) is 20.0 Å². The molecule has 0 spiro atoms. The van der Waals surface area contributed by atoms with Crippen LogP contribution < -0.4 is 0 Å². The van der Waals surface area contributed by atoms with E-state index >= 15 is 0 Å². The molecule has 0 aromatic heterocycles. The van der Waals surface area contributed by atoms with Gasteiger partial charge in [-0.1, -0.05) is 20.8 Å². The predicted octanol–water partition coefficient (Wildman–Crippen LogP) is 4.47. The van der Waals surface area contributed by atoms with E-state index in [0.29, 0.717) is 24.9 Å². The van der Waals surface area contributed by atoms with Gasteiger partial charge in [0.2, 0.25) is 0 Å². The van der Waals surface area contributed by atoms with E-state index in [4.69, 9.17) is 9.16 Å². The molecule has 1 aliphatic rings. The smallest absolute Gasteiger partial charge is 0.410 e. The van der Waals surface area contributed by atoms with Crippen molar-refractivity contribution in [3.63, 3.8) is 0 Å². The van der Waals surface area contributed by atoms with Gasteiger partial charge in [-0.15, -0.1) is 0 Å². The van der Waals surface area contributed by atoms with Crippen molar-refractivity contribution >= 4 is 20.1 Å². The van der Waals surface area contributed by atoms with Crippen molar-refractivity contribution in [2.45, 2.75) is 76.9 Å². The fraction of sp³-hybridized carbons (Fsp3) is 0.667. The highest BCUT2D eigenvalue weighted by Crippen LogP contribution is 2.39. The summed E-state index contributed by atoms with van der Waals surface area (Å²) in [5.41, 5.74) is 0.688. The van der Waals surface area contributed by atoms with Crippen molar-refractivity contribution in [3.8, 4) is 0 Å². The lowest BCUT2D eigenvalue weighted by atomic mass is 10.1. The summed E-state index contributed by atoms with van der Waals surface area (Å²) < 4.78 is 12.0. The highest BCUT2D eigenvalue weighted by atomic mass is 28.4. The highest BCUT2D eigenvalue weighted by Gasteiger charge is 2.43. The minimum atomic E-state index is -1.96. The van der Waals surface area contributed by atoms with Crippen LogP contribution in [-0.2, 0) is 15.8 Å². The van der Waals surface area contributed by atoms with E-state index in [2.05, 4.69) is 33.9 Å². The van der Waals surface area contributed by atoms with Crippen molar-refractivity contribution in [2.24, 2.45) is 0 Å². The summed E-state index contributed by atoms with van der Waals surface area (Å²) in [4.78, 5) is 24.8. The van der Waals surface area contributed by atoms with Gasteiger partial charge in [-0.3, -0.25) is 10.1 Å². The maximum absolute atomic E-state index is 12.8. The first-order valence-corrected chi connectivity index (χ1v) is 13.3. The van der Waals surface area contributed by atoms with Gasteiger partial charge >= 0.3 is 6.09 Å². The van der Waals surface area contributed by atoms with E-state index in [0.717, 1.165) is 6.42 Å². The molecule has 0 bridgehead atoms. The first kappa shape index (κ1) is 24.3. The molecular weight excluding hydrogens is 404 g/mol. The second kappa shape index (κ2) is 9.89. The summed E-state index contributed by atoms with van der Waals surface area (Å²) in [6.45, 7) is 11.6. The van der Waals surface area contributed by atoms with Crippen LogP contribution in [0.15, 0.2) is 24.3 Å². The molecule has 0 unspecified atom stereocenters. The number of non-ortho nitro benzene ring substituents is 1. The van der Waals surface area contributed by atoms with Gasteiger partial charge in [-0.25, -0.2) is 4.79 Å². The van der Waals surface area contributed by atoms with Crippen molar-refractivity contribution in [1.82, 2.24) is 4.90 Å². The summed E-state index contributed by atoms with van der Waals surface area (Å²) in [6, 6.07) is 5.93. The Bertz CT molecular complexity index is 732. The standard InChI is InChI=1S/C21H34N2O6Si/c1-21(2,3)30(4,5)29-19-13-18(7-6-12-24)22(14-19)20(25)28-15-16-8-10-17(11-9-16)23(26)27/h8-11,18-19,24H,6-7,12-15H2,1-5H3/t18-,19-/m1/s1. The van der Waals surface area contributed by atoms with Crippen molar-refractivity contribution in [2.75, 3.05) is 13.2 Å². The molecule has 2 atom stereocenters. The normalized spacial score (nSPS) is 19.7. The minimum absolute atomic E-state index is 0.000642. The van der Waals surface area contributed by atoms with Crippen LogP contribution in [0.3, 0.4) is 0 Å². The van der Waals surface area contributed by atoms with Crippen LogP contribution in [0.2, 0.25) is 18.1 Å². The van der Waals surface area contributed by atoms with Gasteiger partial charge in [0.05, 0.1) is 11.0 Å². The second-order valence-electron chi connectivity index (χ2n) is 9.39. The molecule has 1 aromatic carbocycles. The molecule has 1 aromatic rings. The van der Waals surface area contributed by atoms with Gasteiger partial charge in [0.25, 0.3) is 5.69 Å². The van der Waals surface area contributed by atoms with E-state index in [1.54, 1.807) is 17.0 Å². The zero-order chi connectivity index (χ0) is 22.5. The molecule has 168 valence electrons. The lowest BCUT2D eigenvalue weighted by molar-refractivity contribution is -0.384. The molecule has 1 N–H and O–H groups in total. The monoisotopic (exact) mass is 438 g/mol. The van der Waals surface area contributed by atoms with Gasteiger partial charge < -0.3 is 19.2 Å². The Kier molecular flexibility index (Phi) is 8.01. The quantitative estimate of drug-likeness (QED) is 0.365. The van der Waals surface area contributed by atoms with Gasteiger partial charge in [0.15, 0.2) is 8.32 Å². The molecule has 8 nitrogen and oxygen atoms in total. The van der Waals surface area contributed by atoms with E-state index in [-0.39, 0.29) is 36.1 Å². The third-order valence-electron chi connectivity index (χ3n) is 6.08. The molecule has 2 rings (SSSR count). The first-order chi connectivity index (χ1) is 13.9. The number of aliphatic hydroxyl groups excluding tert-OH is 1. The molecule has 1 aliphatic heterocycles. The third-order valence-corrected chi connectivity index (χ3v) is 10.6. The van der Waals surface area contributed by atoms with Gasteiger partial charge in [0.1, 0.15) is 6.61 Å². The number of ether oxygens (including phenoxy) is 1. The maximum Gasteiger partial charge on any atom is 0.410 e.